The summed E-state index contributed by atoms with van der Waals surface area (Å²) in [6, 6.07) is 8.36. The fraction of sp³-hybridized carbons (Fsp3) is 0.292. The molecular formula is C24H26N2O4. The van der Waals surface area contributed by atoms with E-state index in [4.69, 9.17) is 4.74 Å². The van der Waals surface area contributed by atoms with Crippen molar-refractivity contribution in [3.8, 4) is 5.75 Å². The highest BCUT2D eigenvalue weighted by atomic mass is 16.5. The molecule has 1 aliphatic rings. The van der Waals surface area contributed by atoms with Gasteiger partial charge in [-0.25, -0.2) is 9.69 Å². The fourth-order valence-corrected chi connectivity index (χ4v) is 3.41. The Balaban J connectivity index is 2.09. The minimum Gasteiger partial charge on any atom is -0.496 e. The van der Waals surface area contributed by atoms with E-state index in [0.29, 0.717) is 5.69 Å². The van der Waals surface area contributed by atoms with Crippen LogP contribution >= 0.6 is 0 Å². The quantitative estimate of drug-likeness (QED) is 0.603. The second-order valence-corrected chi connectivity index (χ2v) is 7.83. The number of rotatable bonds is 4. The molecule has 2 aromatic carbocycles. The number of amides is 4. The molecule has 0 atom stereocenters. The molecule has 6 nitrogen and oxygen atoms in total. The number of methoxy groups -OCH3 is 1. The summed E-state index contributed by atoms with van der Waals surface area (Å²) in [4.78, 5) is 39.1. The van der Waals surface area contributed by atoms with Gasteiger partial charge in [-0.1, -0.05) is 19.9 Å². The number of carbonyl (C=O) groups excluding carboxylic acids is 3. The summed E-state index contributed by atoms with van der Waals surface area (Å²) in [5.74, 6) is -0.391. The van der Waals surface area contributed by atoms with Gasteiger partial charge < -0.3 is 4.74 Å². The number of hydrogen-bond acceptors (Lipinski definition) is 4. The molecule has 1 fully saturated rings. The Morgan fingerprint density at radius 3 is 2.27 bits per heavy atom. The van der Waals surface area contributed by atoms with E-state index in [-0.39, 0.29) is 11.5 Å². The van der Waals surface area contributed by atoms with E-state index in [2.05, 4.69) is 5.32 Å². The number of anilines is 1. The minimum absolute atomic E-state index is 0.0872. The first-order valence-electron chi connectivity index (χ1n) is 9.81. The number of hydrogen-bond donors (Lipinski definition) is 1. The largest absolute Gasteiger partial charge is 0.496 e. The van der Waals surface area contributed by atoms with Gasteiger partial charge in [0.25, 0.3) is 11.8 Å². The van der Waals surface area contributed by atoms with Crippen LogP contribution in [-0.4, -0.2) is 25.0 Å². The summed E-state index contributed by atoms with van der Waals surface area (Å²) in [7, 11) is 1.62. The summed E-state index contributed by atoms with van der Waals surface area (Å²) < 4.78 is 5.46. The summed E-state index contributed by atoms with van der Waals surface area (Å²) in [6.45, 7) is 9.83. The van der Waals surface area contributed by atoms with E-state index >= 15 is 0 Å². The number of nitrogens with zero attached hydrogens (tertiary/aromatic N) is 1. The van der Waals surface area contributed by atoms with Gasteiger partial charge in [-0.05, 0) is 84.8 Å². The predicted molar refractivity (Wildman–Crippen MR) is 117 cm³/mol. The number of ether oxygens (including phenoxy) is 1. The Morgan fingerprint density at radius 2 is 1.67 bits per heavy atom. The van der Waals surface area contributed by atoms with Gasteiger partial charge >= 0.3 is 6.03 Å². The third kappa shape index (κ3) is 3.85. The van der Waals surface area contributed by atoms with Gasteiger partial charge in [-0.3, -0.25) is 14.9 Å². The van der Waals surface area contributed by atoms with Crippen LogP contribution in [0.5, 0.6) is 5.75 Å². The Labute approximate surface area is 176 Å². The molecule has 0 unspecified atom stereocenters. The third-order valence-electron chi connectivity index (χ3n) is 5.39. The summed E-state index contributed by atoms with van der Waals surface area (Å²) in [5.41, 5.74) is 4.89. The maximum absolute atomic E-state index is 13.2. The van der Waals surface area contributed by atoms with Crippen LogP contribution in [0.2, 0.25) is 0 Å². The molecule has 0 saturated carbocycles. The lowest BCUT2D eigenvalue weighted by molar-refractivity contribution is -0.122. The first kappa shape index (κ1) is 21.3. The third-order valence-corrected chi connectivity index (χ3v) is 5.39. The molecule has 0 bridgehead atoms. The van der Waals surface area contributed by atoms with Crippen LogP contribution in [-0.2, 0) is 9.59 Å². The highest BCUT2D eigenvalue weighted by molar-refractivity contribution is 6.39. The van der Waals surface area contributed by atoms with Crippen molar-refractivity contribution < 1.29 is 19.1 Å². The molecule has 0 radical (unpaired) electrons. The van der Waals surface area contributed by atoms with E-state index in [0.717, 1.165) is 38.5 Å². The van der Waals surface area contributed by atoms with Crippen molar-refractivity contribution in [2.24, 2.45) is 0 Å². The van der Waals surface area contributed by atoms with Crippen molar-refractivity contribution in [3.05, 3.63) is 63.7 Å². The molecule has 0 aliphatic carbocycles. The molecule has 156 valence electrons. The van der Waals surface area contributed by atoms with E-state index in [1.807, 2.05) is 52.8 Å². The lowest BCUT2D eigenvalue weighted by atomic mass is 9.95. The van der Waals surface area contributed by atoms with Crippen LogP contribution < -0.4 is 15.0 Å². The highest BCUT2D eigenvalue weighted by Crippen LogP contribution is 2.31. The summed E-state index contributed by atoms with van der Waals surface area (Å²) in [5, 5.41) is 2.28. The molecule has 3 rings (SSSR count). The maximum Gasteiger partial charge on any atom is 0.335 e. The molecule has 1 aliphatic heterocycles. The lowest BCUT2D eigenvalue weighted by Crippen LogP contribution is -2.54. The van der Waals surface area contributed by atoms with E-state index in [1.54, 1.807) is 25.3 Å². The molecular weight excluding hydrogens is 380 g/mol. The lowest BCUT2D eigenvalue weighted by Gasteiger charge is -2.27. The summed E-state index contributed by atoms with van der Waals surface area (Å²) in [6.07, 6.45) is 1.54. The van der Waals surface area contributed by atoms with E-state index in [1.165, 1.54) is 0 Å². The molecule has 0 spiro atoms. The van der Waals surface area contributed by atoms with Gasteiger partial charge in [0.2, 0.25) is 0 Å². The van der Waals surface area contributed by atoms with Crippen LogP contribution in [0.1, 0.15) is 47.6 Å². The Morgan fingerprint density at radius 1 is 0.967 bits per heavy atom. The van der Waals surface area contributed by atoms with Crippen molar-refractivity contribution in [2.75, 3.05) is 12.0 Å². The van der Waals surface area contributed by atoms with E-state index in [9.17, 15) is 14.4 Å². The molecule has 2 aromatic rings. The molecule has 0 aromatic heterocycles. The zero-order chi connectivity index (χ0) is 22.2. The van der Waals surface area contributed by atoms with Crippen molar-refractivity contribution >= 4 is 29.6 Å². The van der Waals surface area contributed by atoms with E-state index < -0.39 is 17.8 Å². The van der Waals surface area contributed by atoms with Gasteiger partial charge in [0, 0.05) is 0 Å². The molecule has 30 heavy (non-hydrogen) atoms. The average Bonchev–Trinajstić information content (AvgIpc) is 2.68. The number of nitrogens with one attached hydrogen (secondary N) is 1. The average molecular weight is 406 g/mol. The standard InChI is InChI=1S/C24H26N2O4/c1-13(2)19-11-17(16(5)10-21(19)30-6)12-20-22(27)25-24(29)26(23(20)28)18-8-7-14(3)15(4)9-18/h7-13H,1-6H3,(H,25,27,29)/b20-12+. The maximum atomic E-state index is 13.2. The minimum atomic E-state index is -0.750. The SMILES string of the molecule is COc1cc(C)c(/C=C2\C(=O)NC(=O)N(c3ccc(C)c(C)c3)C2=O)cc1C(C)C. The molecule has 1 saturated heterocycles. The van der Waals surface area contributed by atoms with Crippen molar-refractivity contribution in [1.82, 2.24) is 5.32 Å². The van der Waals surface area contributed by atoms with Crippen LogP contribution in [0.25, 0.3) is 6.08 Å². The van der Waals surface area contributed by atoms with Crippen LogP contribution in [0.15, 0.2) is 35.9 Å². The van der Waals surface area contributed by atoms with Gasteiger partial charge in [-0.2, -0.15) is 0 Å². The fourth-order valence-electron chi connectivity index (χ4n) is 3.41. The van der Waals surface area contributed by atoms with Crippen molar-refractivity contribution in [2.45, 2.75) is 40.5 Å². The zero-order valence-electron chi connectivity index (χ0n) is 18.1. The molecule has 6 heteroatoms. The first-order valence-corrected chi connectivity index (χ1v) is 9.81. The number of benzene rings is 2. The normalized spacial score (nSPS) is 15.8. The highest BCUT2D eigenvalue weighted by Gasteiger charge is 2.37. The first-order chi connectivity index (χ1) is 14.1. The number of imide groups is 2. The second kappa shape index (κ2) is 8.14. The summed E-state index contributed by atoms with van der Waals surface area (Å²) >= 11 is 0. The number of barbiturate groups is 1. The molecule has 4 amide bonds. The van der Waals surface area contributed by atoms with Gasteiger partial charge in [-0.15, -0.1) is 0 Å². The number of urea groups is 1. The Hall–Kier alpha value is -3.41. The van der Waals surface area contributed by atoms with Gasteiger partial charge in [0.15, 0.2) is 0 Å². The van der Waals surface area contributed by atoms with Crippen LogP contribution in [0.3, 0.4) is 0 Å². The van der Waals surface area contributed by atoms with Gasteiger partial charge in [0.1, 0.15) is 11.3 Å². The Bertz CT molecular complexity index is 1080. The molecule has 1 heterocycles. The zero-order valence-corrected chi connectivity index (χ0v) is 18.1. The number of carbonyl (C=O) groups is 3. The van der Waals surface area contributed by atoms with Crippen LogP contribution in [0.4, 0.5) is 10.5 Å². The van der Waals surface area contributed by atoms with Crippen LogP contribution in [0, 0.1) is 20.8 Å². The second-order valence-electron chi connectivity index (χ2n) is 7.83. The van der Waals surface area contributed by atoms with Crippen molar-refractivity contribution in [3.63, 3.8) is 0 Å². The van der Waals surface area contributed by atoms with Gasteiger partial charge in [0.05, 0.1) is 12.8 Å². The monoisotopic (exact) mass is 406 g/mol. The Kier molecular flexibility index (Phi) is 5.78. The topological polar surface area (TPSA) is 75.7 Å². The number of aryl methyl sites for hydroxylation is 3. The molecule has 1 N–H and O–H groups in total. The van der Waals surface area contributed by atoms with Crippen molar-refractivity contribution in [1.29, 1.82) is 0 Å². The predicted octanol–water partition coefficient (Wildman–Crippen LogP) is 4.41. The smallest absolute Gasteiger partial charge is 0.335 e.